The Balaban J connectivity index is 2.33. The lowest BCUT2D eigenvalue weighted by atomic mass is 10.1. The second-order valence-electron chi connectivity index (χ2n) is 3.15. The van der Waals surface area contributed by atoms with Gasteiger partial charge >= 0.3 is 0 Å². The first-order valence-corrected chi connectivity index (χ1v) is 3.42. The van der Waals surface area contributed by atoms with Crippen LogP contribution in [0.15, 0.2) is 0 Å². The van der Waals surface area contributed by atoms with Crippen molar-refractivity contribution in [3.8, 4) is 0 Å². The monoisotopic (exact) mass is 127 g/mol. The zero-order chi connectivity index (χ0) is 7.02. The summed E-state index contributed by atoms with van der Waals surface area (Å²) in [6.07, 6.45) is 1.02. The summed E-state index contributed by atoms with van der Waals surface area (Å²) in [5.74, 6) is 1.30. The van der Waals surface area contributed by atoms with Gasteiger partial charge in [-0.25, -0.2) is 0 Å². The van der Waals surface area contributed by atoms with Gasteiger partial charge in [0.1, 0.15) is 0 Å². The van der Waals surface area contributed by atoms with Gasteiger partial charge in [0.05, 0.1) is 0 Å². The second kappa shape index (κ2) is 2.01. The Labute approximate surface area is 55.4 Å². The summed E-state index contributed by atoms with van der Waals surface area (Å²) in [7, 11) is 0. The smallest absolute Gasteiger partial charge is 0.220 e. The van der Waals surface area contributed by atoms with Crippen LogP contribution in [0.1, 0.15) is 20.3 Å². The van der Waals surface area contributed by atoms with Crippen LogP contribution in [-0.2, 0) is 4.79 Å². The minimum atomic E-state index is -0.117. The standard InChI is InChI=1S/C7H13NO/c1-4(2)5-3-6(5)7(8)9/h4-6H,3H2,1-2H3,(H2,8,9). The predicted octanol–water partition coefficient (Wildman–Crippen LogP) is 0.764. The van der Waals surface area contributed by atoms with Crippen molar-refractivity contribution in [3.05, 3.63) is 0 Å². The molecule has 1 aliphatic carbocycles. The van der Waals surface area contributed by atoms with E-state index < -0.39 is 0 Å². The summed E-state index contributed by atoms with van der Waals surface area (Å²) in [4.78, 5) is 10.5. The van der Waals surface area contributed by atoms with E-state index >= 15 is 0 Å². The SMILES string of the molecule is CC(C)C1CC1C(N)=O. The van der Waals surface area contributed by atoms with Crippen LogP contribution < -0.4 is 5.73 Å². The van der Waals surface area contributed by atoms with Gasteiger partial charge in [0.2, 0.25) is 5.91 Å². The van der Waals surface area contributed by atoms with Crippen molar-refractivity contribution in [3.63, 3.8) is 0 Å². The molecular formula is C7H13NO. The molecule has 1 amide bonds. The third kappa shape index (κ3) is 1.23. The third-order valence-electron chi connectivity index (χ3n) is 2.06. The molecule has 0 aromatic heterocycles. The van der Waals surface area contributed by atoms with Gasteiger partial charge in [-0.05, 0) is 18.3 Å². The number of carbonyl (C=O) groups is 1. The quantitative estimate of drug-likeness (QED) is 0.584. The first-order valence-electron chi connectivity index (χ1n) is 3.42. The predicted molar refractivity (Wildman–Crippen MR) is 35.6 cm³/mol. The van der Waals surface area contributed by atoms with E-state index in [1.807, 2.05) is 0 Å². The van der Waals surface area contributed by atoms with E-state index in [0.717, 1.165) is 6.42 Å². The Hall–Kier alpha value is -0.530. The molecule has 2 N–H and O–H groups in total. The molecule has 1 rings (SSSR count). The van der Waals surface area contributed by atoms with E-state index in [1.165, 1.54) is 0 Å². The van der Waals surface area contributed by atoms with Crippen LogP contribution in [0.3, 0.4) is 0 Å². The van der Waals surface area contributed by atoms with E-state index in [2.05, 4.69) is 13.8 Å². The van der Waals surface area contributed by atoms with Gasteiger partial charge in [0.25, 0.3) is 0 Å². The maximum atomic E-state index is 10.5. The first-order chi connectivity index (χ1) is 4.13. The van der Waals surface area contributed by atoms with Crippen molar-refractivity contribution in [2.24, 2.45) is 23.5 Å². The van der Waals surface area contributed by atoms with Crippen LogP contribution in [-0.4, -0.2) is 5.91 Å². The van der Waals surface area contributed by atoms with Crippen molar-refractivity contribution in [1.29, 1.82) is 0 Å². The fourth-order valence-electron chi connectivity index (χ4n) is 1.28. The lowest BCUT2D eigenvalue weighted by Crippen LogP contribution is -2.15. The number of hydrogen-bond acceptors (Lipinski definition) is 1. The number of hydrogen-bond donors (Lipinski definition) is 1. The highest BCUT2D eigenvalue weighted by molar-refractivity contribution is 5.79. The molecule has 0 aromatic rings. The number of nitrogens with two attached hydrogens (primary N) is 1. The number of primary amides is 1. The Bertz CT molecular complexity index is 131. The van der Waals surface area contributed by atoms with Gasteiger partial charge in [-0.3, -0.25) is 4.79 Å². The highest BCUT2D eigenvalue weighted by atomic mass is 16.1. The number of rotatable bonds is 2. The molecule has 9 heavy (non-hydrogen) atoms. The van der Waals surface area contributed by atoms with Crippen molar-refractivity contribution in [2.45, 2.75) is 20.3 Å². The van der Waals surface area contributed by atoms with Crippen LogP contribution >= 0.6 is 0 Å². The summed E-state index contributed by atoms with van der Waals surface area (Å²) >= 11 is 0. The van der Waals surface area contributed by atoms with Crippen LogP contribution in [0.4, 0.5) is 0 Å². The first kappa shape index (κ1) is 6.59. The zero-order valence-corrected chi connectivity index (χ0v) is 5.92. The maximum absolute atomic E-state index is 10.5. The highest BCUT2D eigenvalue weighted by Gasteiger charge is 2.43. The van der Waals surface area contributed by atoms with E-state index in [0.29, 0.717) is 11.8 Å². The molecule has 2 heteroatoms. The van der Waals surface area contributed by atoms with E-state index in [-0.39, 0.29) is 11.8 Å². The Morgan fingerprint density at radius 2 is 2.22 bits per heavy atom. The molecule has 1 fully saturated rings. The molecule has 0 spiro atoms. The van der Waals surface area contributed by atoms with Gasteiger partial charge in [0.15, 0.2) is 0 Å². The summed E-state index contributed by atoms with van der Waals surface area (Å²) < 4.78 is 0. The van der Waals surface area contributed by atoms with Gasteiger partial charge in [-0.15, -0.1) is 0 Å². The molecule has 2 nitrogen and oxygen atoms in total. The van der Waals surface area contributed by atoms with Crippen LogP contribution in [0.2, 0.25) is 0 Å². The number of amides is 1. The molecule has 2 unspecified atom stereocenters. The number of carbonyl (C=O) groups excluding carboxylic acids is 1. The van der Waals surface area contributed by atoms with Gasteiger partial charge < -0.3 is 5.73 Å². The molecular weight excluding hydrogens is 114 g/mol. The van der Waals surface area contributed by atoms with E-state index in [9.17, 15) is 4.79 Å². The Morgan fingerprint density at radius 1 is 1.67 bits per heavy atom. The average molecular weight is 127 g/mol. The van der Waals surface area contributed by atoms with Crippen molar-refractivity contribution >= 4 is 5.91 Å². The molecule has 0 bridgehead atoms. The fourth-order valence-corrected chi connectivity index (χ4v) is 1.28. The highest BCUT2D eigenvalue weighted by Crippen LogP contribution is 2.43. The summed E-state index contributed by atoms with van der Waals surface area (Å²) in [6, 6.07) is 0. The molecule has 1 aliphatic rings. The molecule has 1 saturated carbocycles. The summed E-state index contributed by atoms with van der Waals surface area (Å²) in [6.45, 7) is 4.27. The topological polar surface area (TPSA) is 43.1 Å². The van der Waals surface area contributed by atoms with Crippen molar-refractivity contribution in [2.75, 3.05) is 0 Å². The van der Waals surface area contributed by atoms with Crippen molar-refractivity contribution in [1.82, 2.24) is 0 Å². The lowest BCUT2D eigenvalue weighted by Gasteiger charge is -1.98. The Kier molecular flexibility index (Phi) is 1.47. The molecule has 0 aliphatic heterocycles. The van der Waals surface area contributed by atoms with E-state index in [4.69, 9.17) is 5.73 Å². The maximum Gasteiger partial charge on any atom is 0.220 e. The average Bonchev–Trinajstić information content (AvgIpc) is 2.39. The van der Waals surface area contributed by atoms with E-state index in [1.54, 1.807) is 0 Å². The zero-order valence-electron chi connectivity index (χ0n) is 5.92. The largest absolute Gasteiger partial charge is 0.369 e. The Morgan fingerprint density at radius 3 is 2.33 bits per heavy atom. The molecule has 0 radical (unpaired) electrons. The molecule has 0 heterocycles. The molecule has 0 saturated heterocycles. The summed E-state index contributed by atoms with van der Waals surface area (Å²) in [5, 5.41) is 0. The second-order valence-corrected chi connectivity index (χ2v) is 3.15. The summed E-state index contributed by atoms with van der Waals surface area (Å²) in [5.41, 5.74) is 5.09. The van der Waals surface area contributed by atoms with Crippen LogP contribution in [0, 0.1) is 17.8 Å². The van der Waals surface area contributed by atoms with Crippen LogP contribution in [0.25, 0.3) is 0 Å². The minimum Gasteiger partial charge on any atom is -0.369 e. The lowest BCUT2D eigenvalue weighted by molar-refractivity contribution is -0.119. The minimum absolute atomic E-state index is 0.117. The van der Waals surface area contributed by atoms with Gasteiger partial charge in [0, 0.05) is 5.92 Å². The van der Waals surface area contributed by atoms with Crippen LogP contribution in [0.5, 0.6) is 0 Å². The molecule has 2 atom stereocenters. The molecule has 52 valence electrons. The van der Waals surface area contributed by atoms with Gasteiger partial charge in [-0.2, -0.15) is 0 Å². The van der Waals surface area contributed by atoms with Crippen molar-refractivity contribution < 1.29 is 4.79 Å². The fraction of sp³-hybridized carbons (Fsp3) is 0.857. The van der Waals surface area contributed by atoms with Gasteiger partial charge in [-0.1, -0.05) is 13.8 Å². The normalized spacial score (nSPS) is 32.8. The molecule has 0 aromatic carbocycles. The third-order valence-corrected chi connectivity index (χ3v) is 2.06.